The molecule has 0 unspecified atom stereocenters. The maximum absolute atomic E-state index is 13.3. The second-order valence-corrected chi connectivity index (χ2v) is 8.82. The molecule has 0 fully saturated rings. The van der Waals surface area contributed by atoms with Gasteiger partial charge in [-0.15, -0.1) is 0 Å². The summed E-state index contributed by atoms with van der Waals surface area (Å²) in [6, 6.07) is 18.6. The second kappa shape index (κ2) is 9.71. The smallest absolute Gasteiger partial charge is 0.243 e. The van der Waals surface area contributed by atoms with Crippen molar-refractivity contribution < 1.29 is 17.6 Å². The van der Waals surface area contributed by atoms with Crippen LogP contribution >= 0.6 is 11.6 Å². The van der Waals surface area contributed by atoms with Gasteiger partial charge in [0.2, 0.25) is 15.9 Å². The van der Waals surface area contributed by atoms with Crippen LogP contribution in [0.4, 0.5) is 0 Å². The molecule has 0 radical (unpaired) electrons. The molecule has 0 spiro atoms. The molecule has 156 valence electrons. The third kappa shape index (κ3) is 5.79. The zero-order chi connectivity index (χ0) is 21.6. The van der Waals surface area contributed by atoms with Crippen molar-refractivity contribution in [1.29, 1.82) is 0 Å². The molecule has 0 aliphatic rings. The Morgan fingerprint density at radius 2 is 1.77 bits per heavy atom. The van der Waals surface area contributed by atoms with Gasteiger partial charge in [0.15, 0.2) is 0 Å². The molecule has 2 aromatic carbocycles. The van der Waals surface area contributed by atoms with Gasteiger partial charge in [-0.3, -0.25) is 4.79 Å². The fraction of sp³-hybridized carbons (Fsp3) is 0.143. The lowest BCUT2D eigenvalue weighted by molar-refractivity contribution is -0.118. The van der Waals surface area contributed by atoms with Crippen LogP contribution in [-0.2, 0) is 27.9 Å². The van der Waals surface area contributed by atoms with E-state index in [-0.39, 0.29) is 23.9 Å². The van der Waals surface area contributed by atoms with E-state index in [1.807, 2.05) is 30.3 Å². The monoisotopic (exact) mass is 445 g/mol. The van der Waals surface area contributed by atoms with Gasteiger partial charge >= 0.3 is 0 Å². The Hall–Kier alpha value is -2.94. The Morgan fingerprint density at radius 3 is 2.43 bits per heavy atom. The number of carbonyl (C=O) groups is 1. The molecule has 0 saturated carbocycles. The summed E-state index contributed by atoms with van der Waals surface area (Å²) in [6.45, 7) is 1.53. The number of rotatable bonds is 8. The Bertz CT molecular complexity index is 1130. The molecule has 0 atom stereocenters. The quantitative estimate of drug-likeness (QED) is 0.421. The van der Waals surface area contributed by atoms with Gasteiger partial charge in [0.1, 0.15) is 11.5 Å². The van der Waals surface area contributed by atoms with Crippen molar-refractivity contribution in [2.24, 2.45) is 5.10 Å². The third-order valence-electron chi connectivity index (χ3n) is 4.08. The van der Waals surface area contributed by atoms with E-state index in [0.29, 0.717) is 16.5 Å². The van der Waals surface area contributed by atoms with Crippen LogP contribution in [0.15, 0.2) is 81.1 Å². The van der Waals surface area contributed by atoms with Gasteiger partial charge < -0.3 is 4.42 Å². The molecule has 7 nitrogen and oxygen atoms in total. The van der Waals surface area contributed by atoms with E-state index < -0.39 is 10.0 Å². The van der Waals surface area contributed by atoms with Crippen LogP contribution in [0.2, 0.25) is 5.02 Å². The lowest BCUT2D eigenvalue weighted by atomic mass is 10.2. The SMILES string of the molecule is CC(=O)N/N=C\c1ccc(CN(Cc2ccccc2)S(=O)(=O)c2ccc(Cl)cc2)o1. The van der Waals surface area contributed by atoms with Crippen molar-refractivity contribution in [3.8, 4) is 0 Å². The number of hydrazone groups is 1. The Balaban J connectivity index is 1.86. The van der Waals surface area contributed by atoms with Crippen molar-refractivity contribution in [3.05, 3.63) is 88.8 Å². The molecule has 1 heterocycles. The predicted octanol–water partition coefficient (Wildman–Crippen LogP) is 3.79. The van der Waals surface area contributed by atoms with Crippen molar-refractivity contribution >= 4 is 33.7 Å². The maximum atomic E-state index is 13.3. The number of benzene rings is 2. The molecule has 0 saturated heterocycles. The van der Waals surface area contributed by atoms with E-state index in [2.05, 4.69) is 10.5 Å². The van der Waals surface area contributed by atoms with Crippen LogP contribution in [-0.4, -0.2) is 24.8 Å². The number of hydrogen-bond donors (Lipinski definition) is 1. The minimum absolute atomic E-state index is 0.0217. The van der Waals surface area contributed by atoms with Crippen molar-refractivity contribution in [3.63, 3.8) is 0 Å². The van der Waals surface area contributed by atoms with Crippen LogP contribution in [0.1, 0.15) is 24.0 Å². The summed E-state index contributed by atoms with van der Waals surface area (Å²) in [6.07, 6.45) is 1.35. The standard InChI is InChI=1S/C21H20ClN3O4S/c1-16(26)24-23-13-19-9-10-20(29-19)15-25(14-17-5-3-2-4-6-17)30(27,28)21-11-7-18(22)8-12-21/h2-13H,14-15H2,1H3,(H,24,26)/b23-13-. The number of nitrogens with zero attached hydrogens (tertiary/aromatic N) is 2. The number of hydrogen-bond acceptors (Lipinski definition) is 5. The lowest BCUT2D eigenvalue weighted by Crippen LogP contribution is -2.30. The number of furan rings is 1. The van der Waals surface area contributed by atoms with Gasteiger partial charge in [-0.05, 0) is 42.0 Å². The highest BCUT2D eigenvalue weighted by molar-refractivity contribution is 7.89. The molecule has 9 heteroatoms. The van der Waals surface area contributed by atoms with Crippen LogP contribution in [0, 0.1) is 0 Å². The fourth-order valence-corrected chi connectivity index (χ4v) is 4.20. The van der Waals surface area contributed by atoms with E-state index in [1.165, 1.54) is 29.6 Å². The van der Waals surface area contributed by atoms with Crippen LogP contribution in [0.3, 0.4) is 0 Å². The lowest BCUT2D eigenvalue weighted by Gasteiger charge is -2.21. The summed E-state index contributed by atoms with van der Waals surface area (Å²) < 4.78 is 33.5. The first kappa shape index (κ1) is 21.8. The van der Waals surface area contributed by atoms with Crippen molar-refractivity contribution in [2.45, 2.75) is 24.9 Å². The van der Waals surface area contributed by atoms with E-state index in [4.69, 9.17) is 16.0 Å². The molecule has 1 amide bonds. The van der Waals surface area contributed by atoms with Crippen molar-refractivity contribution in [1.82, 2.24) is 9.73 Å². The Kier molecular flexibility index (Phi) is 7.04. The van der Waals surface area contributed by atoms with Gasteiger partial charge in [-0.25, -0.2) is 13.8 Å². The Morgan fingerprint density at radius 1 is 1.07 bits per heavy atom. The zero-order valence-corrected chi connectivity index (χ0v) is 17.7. The zero-order valence-electron chi connectivity index (χ0n) is 16.2. The number of amides is 1. The van der Waals surface area contributed by atoms with Gasteiger partial charge in [0, 0.05) is 18.5 Å². The van der Waals surface area contributed by atoms with Gasteiger partial charge in [-0.2, -0.15) is 9.41 Å². The molecule has 3 rings (SSSR count). The fourth-order valence-electron chi connectivity index (χ4n) is 2.68. The van der Waals surface area contributed by atoms with Crippen molar-refractivity contribution in [2.75, 3.05) is 0 Å². The highest BCUT2D eigenvalue weighted by atomic mass is 35.5. The largest absolute Gasteiger partial charge is 0.459 e. The molecule has 0 aliphatic heterocycles. The van der Waals surface area contributed by atoms with Crippen LogP contribution in [0.25, 0.3) is 0 Å². The molecule has 1 N–H and O–H groups in total. The molecule has 3 aromatic rings. The van der Waals surface area contributed by atoms with E-state index in [1.54, 1.807) is 24.3 Å². The number of sulfonamides is 1. The van der Waals surface area contributed by atoms with Crippen LogP contribution < -0.4 is 5.43 Å². The first-order chi connectivity index (χ1) is 14.3. The number of halogens is 1. The summed E-state index contributed by atoms with van der Waals surface area (Å²) in [5.74, 6) is 0.524. The topological polar surface area (TPSA) is 92.0 Å². The molecular weight excluding hydrogens is 426 g/mol. The van der Waals surface area contributed by atoms with Gasteiger partial charge in [0.05, 0.1) is 17.7 Å². The molecule has 1 aromatic heterocycles. The average Bonchev–Trinajstić information content (AvgIpc) is 3.16. The number of carbonyl (C=O) groups excluding carboxylic acids is 1. The van der Waals surface area contributed by atoms with E-state index >= 15 is 0 Å². The van der Waals surface area contributed by atoms with Crippen LogP contribution in [0.5, 0.6) is 0 Å². The highest BCUT2D eigenvalue weighted by Crippen LogP contribution is 2.23. The first-order valence-corrected chi connectivity index (χ1v) is 10.8. The average molecular weight is 446 g/mol. The van der Waals surface area contributed by atoms with Gasteiger partial charge in [-0.1, -0.05) is 41.9 Å². The second-order valence-electron chi connectivity index (χ2n) is 6.44. The maximum Gasteiger partial charge on any atom is 0.243 e. The van der Waals surface area contributed by atoms with Gasteiger partial charge in [0.25, 0.3) is 0 Å². The predicted molar refractivity (Wildman–Crippen MR) is 114 cm³/mol. The molecule has 30 heavy (non-hydrogen) atoms. The normalized spacial score (nSPS) is 11.8. The summed E-state index contributed by atoms with van der Waals surface area (Å²) in [7, 11) is -3.81. The Labute approximate surface area is 180 Å². The highest BCUT2D eigenvalue weighted by Gasteiger charge is 2.26. The summed E-state index contributed by atoms with van der Waals surface area (Å²) in [5.41, 5.74) is 3.12. The van der Waals surface area contributed by atoms with E-state index in [0.717, 1.165) is 5.56 Å². The van der Waals surface area contributed by atoms with E-state index in [9.17, 15) is 13.2 Å². The summed E-state index contributed by atoms with van der Waals surface area (Å²) in [5, 5.41) is 4.20. The summed E-state index contributed by atoms with van der Waals surface area (Å²) >= 11 is 5.90. The third-order valence-corrected chi connectivity index (χ3v) is 6.14. The minimum Gasteiger partial charge on any atom is -0.459 e. The molecule has 0 aliphatic carbocycles. The number of nitrogens with one attached hydrogen (secondary N) is 1. The minimum atomic E-state index is -3.81. The summed E-state index contributed by atoms with van der Waals surface area (Å²) in [4.78, 5) is 11.0. The molecule has 0 bridgehead atoms. The molecular formula is C21H20ClN3O4S. The first-order valence-electron chi connectivity index (χ1n) is 9.02.